The van der Waals surface area contributed by atoms with E-state index in [4.69, 9.17) is 15.2 Å². The molecule has 0 saturated carbocycles. The van der Waals surface area contributed by atoms with Crippen LogP contribution in [0.2, 0.25) is 0 Å². The van der Waals surface area contributed by atoms with E-state index in [-0.39, 0.29) is 36.6 Å². The number of hydrogen-bond acceptors (Lipinski definition) is 8. The fourth-order valence-corrected chi connectivity index (χ4v) is 2.67. The molecule has 0 aliphatic carbocycles. The van der Waals surface area contributed by atoms with Crippen LogP contribution < -0.4 is 5.73 Å². The summed E-state index contributed by atoms with van der Waals surface area (Å²) in [5.41, 5.74) is 6.92. The zero-order valence-electron chi connectivity index (χ0n) is 26.3. The van der Waals surface area contributed by atoms with Crippen molar-refractivity contribution in [3.05, 3.63) is 71.8 Å². The maximum absolute atomic E-state index is 11.4. The third-order valence-corrected chi connectivity index (χ3v) is 4.94. The van der Waals surface area contributed by atoms with Crippen LogP contribution in [0.5, 0.6) is 0 Å². The van der Waals surface area contributed by atoms with E-state index in [2.05, 4.69) is 30.7 Å². The van der Waals surface area contributed by atoms with Crippen LogP contribution in [0, 0.1) is 0 Å². The van der Waals surface area contributed by atoms with Crippen molar-refractivity contribution in [3.63, 3.8) is 0 Å². The van der Waals surface area contributed by atoms with Gasteiger partial charge in [-0.25, -0.2) is 4.79 Å². The lowest BCUT2D eigenvalue weighted by molar-refractivity contribution is -0.149. The van der Waals surface area contributed by atoms with Crippen LogP contribution in [0.3, 0.4) is 0 Å². The molecule has 0 aromatic heterocycles. The fourth-order valence-electron chi connectivity index (χ4n) is 2.67. The summed E-state index contributed by atoms with van der Waals surface area (Å²) in [7, 11) is 0. The van der Waals surface area contributed by atoms with Crippen LogP contribution in [0.4, 0.5) is 0 Å². The number of aliphatic imine (C=N–C) groups is 1. The fraction of sp³-hybridized carbons (Fsp3) is 0.500. The van der Waals surface area contributed by atoms with Gasteiger partial charge in [-0.05, 0) is 66.7 Å². The SMILES string of the molecule is CC(C)OC(=O)C(C)N=Cc1ccccc1.CC(C)OC(=O)[C@H](C)N.CCN(CC)CC.Cl.O=Cc1ccccc1. The molecule has 41 heavy (non-hydrogen) atoms. The first-order valence-electron chi connectivity index (χ1n) is 13.9. The Morgan fingerprint density at radius 1 is 0.756 bits per heavy atom. The number of aldehydes is 1. The molecular weight excluding hydrogens is 542 g/mol. The van der Waals surface area contributed by atoms with E-state index in [0.29, 0.717) is 0 Å². The number of esters is 2. The van der Waals surface area contributed by atoms with E-state index in [1.807, 2.05) is 62.4 Å². The van der Waals surface area contributed by atoms with Crippen molar-refractivity contribution in [2.45, 2.75) is 86.6 Å². The van der Waals surface area contributed by atoms with Gasteiger partial charge in [0.05, 0.1) is 12.2 Å². The summed E-state index contributed by atoms with van der Waals surface area (Å²) in [5.74, 6) is -0.632. The monoisotopic (exact) mass is 593 g/mol. The number of halogens is 1. The molecule has 0 radical (unpaired) electrons. The summed E-state index contributed by atoms with van der Waals surface area (Å²) in [6.07, 6.45) is 2.36. The van der Waals surface area contributed by atoms with Crippen LogP contribution in [-0.4, -0.2) is 73.3 Å². The van der Waals surface area contributed by atoms with Gasteiger partial charge >= 0.3 is 11.9 Å². The normalized spacial score (nSPS) is 11.4. The van der Waals surface area contributed by atoms with Crippen LogP contribution in [0.1, 0.15) is 78.2 Å². The van der Waals surface area contributed by atoms with E-state index < -0.39 is 12.1 Å². The Hall–Kier alpha value is -3.07. The Morgan fingerprint density at radius 3 is 1.41 bits per heavy atom. The second kappa shape index (κ2) is 27.1. The second-order valence-electron chi connectivity index (χ2n) is 9.27. The average molecular weight is 594 g/mol. The lowest BCUT2D eigenvalue weighted by atomic mass is 10.2. The van der Waals surface area contributed by atoms with Crippen molar-refractivity contribution in [3.8, 4) is 0 Å². The molecule has 0 amide bonds. The molecule has 2 N–H and O–H groups in total. The van der Waals surface area contributed by atoms with Crippen molar-refractivity contribution in [2.75, 3.05) is 19.6 Å². The summed E-state index contributed by atoms with van der Waals surface area (Å²) < 4.78 is 9.80. The van der Waals surface area contributed by atoms with Gasteiger partial charge in [-0.3, -0.25) is 14.6 Å². The van der Waals surface area contributed by atoms with Gasteiger partial charge < -0.3 is 20.1 Å². The Balaban J connectivity index is -0.000000497. The molecule has 0 heterocycles. The maximum Gasteiger partial charge on any atom is 0.330 e. The number of nitrogens with zero attached hydrogens (tertiary/aromatic N) is 2. The van der Waals surface area contributed by atoms with Gasteiger partial charge in [0.2, 0.25) is 0 Å². The molecule has 0 bridgehead atoms. The standard InChI is InChI=1S/C13H17NO2.C7H6O.C6H13NO2.C6H15N.ClH/c1-10(2)16-13(15)11(3)14-9-12-7-5-4-6-8-12;8-6-7-4-2-1-3-5-7;1-4(2)9-6(8)5(3)7;1-4-7(5-2)6-3;/h4-11H,1-3H3;1-6H;4-5H,7H2,1-3H3;4-6H2,1-3H3;1H/t;;5-;;/m..0../s1. The van der Waals surface area contributed by atoms with Gasteiger partial charge in [0.25, 0.3) is 0 Å². The highest BCUT2D eigenvalue weighted by Crippen LogP contribution is 2.00. The van der Waals surface area contributed by atoms with E-state index in [0.717, 1.165) is 17.4 Å². The Bertz CT molecular complexity index is 929. The first-order valence-corrected chi connectivity index (χ1v) is 13.9. The Morgan fingerprint density at radius 2 is 1.15 bits per heavy atom. The predicted molar refractivity (Wildman–Crippen MR) is 172 cm³/mol. The zero-order valence-corrected chi connectivity index (χ0v) is 27.1. The first-order chi connectivity index (χ1) is 18.9. The third-order valence-electron chi connectivity index (χ3n) is 4.94. The maximum atomic E-state index is 11.4. The second-order valence-corrected chi connectivity index (χ2v) is 9.27. The molecule has 2 rings (SSSR count). The molecule has 2 atom stereocenters. The predicted octanol–water partition coefficient (Wildman–Crippen LogP) is 6.00. The number of benzene rings is 2. The summed E-state index contributed by atoms with van der Waals surface area (Å²) in [4.78, 5) is 38.6. The van der Waals surface area contributed by atoms with Crippen LogP contribution in [0.15, 0.2) is 65.7 Å². The molecule has 9 heteroatoms. The van der Waals surface area contributed by atoms with Crippen molar-refractivity contribution in [1.29, 1.82) is 0 Å². The van der Waals surface area contributed by atoms with E-state index >= 15 is 0 Å². The number of carbonyl (C=O) groups is 3. The smallest absolute Gasteiger partial charge is 0.330 e. The Labute approximate surface area is 254 Å². The number of nitrogens with two attached hydrogens (primary N) is 1. The summed E-state index contributed by atoms with van der Waals surface area (Å²) in [6, 6.07) is 17.8. The summed E-state index contributed by atoms with van der Waals surface area (Å²) >= 11 is 0. The molecular formula is C32H52ClN3O5. The van der Waals surface area contributed by atoms with Gasteiger partial charge in [0.15, 0.2) is 0 Å². The Kier molecular flexibility index (Phi) is 28.0. The highest BCUT2D eigenvalue weighted by Gasteiger charge is 2.13. The highest BCUT2D eigenvalue weighted by molar-refractivity contribution is 5.85. The minimum Gasteiger partial charge on any atom is -0.462 e. The largest absolute Gasteiger partial charge is 0.462 e. The molecule has 232 valence electrons. The number of carbonyl (C=O) groups excluding carboxylic acids is 3. The lowest BCUT2D eigenvalue weighted by Crippen LogP contribution is -2.30. The molecule has 1 unspecified atom stereocenters. The minimum absolute atomic E-state index is 0. The molecule has 0 spiro atoms. The molecule has 2 aromatic carbocycles. The van der Waals surface area contributed by atoms with Crippen LogP contribution in [-0.2, 0) is 19.1 Å². The highest BCUT2D eigenvalue weighted by atomic mass is 35.5. The van der Waals surface area contributed by atoms with Gasteiger partial charge in [-0.2, -0.15) is 0 Å². The van der Waals surface area contributed by atoms with E-state index in [1.54, 1.807) is 46.0 Å². The van der Waals surface area contributed by atoms with E-state index in [9.17, 15) is 14.4 Å². The third kappa shape index (κ3) is 25.6. The van der Waals surface area contributed by atoms with E-state index in [1.165, 1.54) is 19.6 Å². The average Bonchev–Trinajstić information content (AvgIpc) is 2.94. The van der Waals surface area contributed by atoms with Crippen LogP contribution >= 0.6 is 12.4 Å². The van der Waals surface area contributed by atoms with Crippen LogP contribution in [0.25, 0.3) is 0 Å². The van der Waals surface area contributed by atoms with Gasteiger partial charge in [0.1, 0.15) is 18.4 Å². The topological polar surface area (TPSA) is 111 Å². The van der Waals surface area contributed by atoms with Crippen molar-refractivity contribution in [2.24, 2.45) is 10.7 Å². The number of ether oxygens (including phenoxy) is 2. The quantitative estimate of drug-likeness (QED) is 0.204. The molecule has 0 aliphatic rings. The molecule has 2 aromatic rings. The molecule has 0 saturated heterocycles. The van der Waals surface area contributed by atoms with Gasteiger partial charge in [-0.15, -0.1) is 12.4 Å². The first kappa shape index (κ1) is 42.4. The molecule has 8 nitrogen and oxygen atoms in total. The van der Waals surface area contributed by atoms with Crippen molar-refractivity contribution in [1.82, 2.24) is 4.90 Å². The minimum atomic E-state index is -0.507. The lowest BCUT2D eigenvalue weighted by Gasteiger charge is -2.13. The summed E-state index contributed by atoms with van der Waals surface area (Å²) in [5, 5.41) is 0. The molecule has 0 fully saturated rings. The summed E-state index contributed by atoms with van der Waals surface area (Å²) in [6.45, 7) is 20.7. The zero-order chi connectivity index (χ0) is 30.9. The number of rotatable bonds is 10. The molecule has 0 aliphatic heterocycles. The van der Waals surface area contributed by atoms with Crippen molar-refractivity contribution < 1.29 is 23.9 Å². The number of hydrogen-bond donors (Lipinski definition) is 1. The van der Waals surface area contributed by atoms with Gasteiger partial charge in [-0.1, -0.05) is 81.4 Å². The van der Waals surface area contributed by atoms with Gasteiger partial charge in [0, 0.05) is 11.8 Å². The van der Waals surface area contributed by atoms with Crippen molar-refractivity contribution >= 4 is 36.8 Å².